The molecule has 1 atom stereocenters. The Morgan fingerprint density at radius 2 is 1.95 bits per heavy atom. The average Bonchev–Trinajstić information content (AvgIpc) is 3.04. The van der Waals surface area contributed by atoms with Gasteiger partial charge in [-0.05, 0) is 36.2 Å². The molecule has 0 aliphatic heterocycles. The van der Waals surface area contributed by atoms with Gasteiger partial charge in [-0.1, -0.05) is 24.3 Å². The van der Waals surface area contributed by atoms with Crippen LogP contribution in [-0.2, 0) is 6.42 Å². The Morgan fingerprint density at radius 1 is 1.10 bits per heavy atom. The van der Waals surface area contributed by atoms with Crippen LogP contribution in [0, 0.1) is 0 Å². The number of benzene rings is 1. The molecule has 2 heterocycles. The van der Waals surface area contributed by atoms with Crippen molar-refractivity contribution in [2.45, 2.75) is 12.5 Å². The average molecular weight is 279 g/mol. The van der Waals surface area contributed by atoms with Gasteiger partial charge in [0.2, 0.25) is 0 Å². The fourth-order valence-electron chi connectivity index (χ4n) is 2.25. The van der Waals surface area contributed by atoms with Crippen LogP contribution >= 0.6 is 0 Å². The highest BCUT2D eigenvalue weighted by Gasteiger charge is 2.14. The molecule has 0 bridgehead atoms. The van der Waals surface area contributed by atoms with Crippen LogP contribution in [0.25, 0.3) is 5.69 Å². The van der Waals surface area contributed by atoms with Gasteiger partial charge >= 0.3 is 0 Å². The van der Waals surface area contributed by atoms with Crippen molar-refractivity contribution in [3.63, 3.8) is 0 Å². The van der Waals surface area contributed by atoms with E-state index in [1.54, 1.807) is 6.20 Å². The van der Waals surface area contributed by atoms with Gasteiger partial charge in [-0.2, -0.15) is 5.10 Å². The summed E-state index contributed by atoms with van der Waals surface area (Å²) in [7, 11) is 0. The van der Waals surface area contributed by atoms with Gasteiger partial charge < -0.3 is 0 Å². The van der Waals surface area contributed by atoms with E-state index >= 15 is 0 Å². The quantitative estimate of drug-likeness (QED) is 0.554. The Bertz CT molecular complexity index is 678. The van der Waals surface area contributed by atoms with Crippen molar-refractivity contribution in [1.29, 1.82) is 0 Å². The molecule has 3 aromatic rings. The summed E-state index contributed by atoms with van der Waals surface area (Å²) < 4.78 is 1.85. The summed E-state index contributed by atoms with van der Waals surface area (Å²) in [5, 5.41) is 4.60. The van der Waals surface area contributed by atoms with Crippen LogP contribution < -0.4 is 11.3 Å². The third kappa shape index (κ3) is 3.16. The molecule has 0 spiro atoms. The Hall–Kier alpha value is -2.50. The molecule has 0 radical (unpaired) electrons. The SMILES string of the molecule is NNC(Cc1cccnc1)c1ccn(-c2ccccc2)n1. The Morgan fingerprint density at radius 3 is 2.67 bits per heavy atom. The smallest absolute Gasteiger partial charge is 0.0815 e. The van der Waals surface area contributed by atoms with E-state index in [9.17, 15) is 0 Å². The predicted octanol–water partition coefficient (Wildman–Crippen LogP) is 2.01. The van der Waals surface area contributed by atoms with Crippen LogP contribution in [0.3, 0.4) is 0 Å². The van der Waals surface area contributed by atoms with E-state index in [2.05, 4.69) is 15.5 Å². The minimum Gasteiger partial charge on any atom is -0.271 e. The number of nitrogens with two attached hydrogens (primary N) is 1. The Labute approximate surface area is 123 Å². The van der Waals surface area contributed by atoms with Gasteiger partial charge in [-0.25, -0.2) is 4.68 Å². The van der Waals surface area contributed by atoms with Crippen molar-refractivity contribution in [3.8, 4) is 5.69 Å². The first-order chi connectivity index (χ1) is 10.4. The standard InChI is InChI=1S/C16H17N5/c17-19-16(11-13-5-4-9-18-12-13)15-8-10-21(20-15)14-6-2-1-3-7-14/h1-10,12,16,19H,11,17H2. The van der Waals surface area contributed by atoms with Crippen molar-refractivity contribution in [1.82, 2.24) is 20.2 Å². The predicted molar refractivity (Wildman–Crippen MR) is 81.6 cm³/mol. The number of pyridine rings is 1. The summed E-state index contributed by atoms with van der Waals surface area (Å²) in [5.41, 5.74) is 5.88. The molecule has 0 saturated carbocycles. The van der Waals surface area contributed by atoms with Gasteiger partial charge in [-0.3, -0.25) is 16.3 Å². The normalized spacial score (nSPS) is 12.2. The van der Waals surface area contributed by atoms with Crippen LogP contribution in [0.2, 0.25) is 0 Å². The number of aromatic nitrogens is 3. The van der Waals surface area contributed by atoms with Gasteiger partial charge in [0, 0.05) is 18.6 Å². The van der Waals surface area contributed by atoms with Gasteiger partial charge in [0.05, 0.1) is 17.4 Å². The second-order valence-electron chi connectivity index (χ2n) is 4.81. The molecule has 3 N–H and O–H groups in total. The fraction of sp³-hybridized carbons (Fsp3) is 0.125. The summed E-state index contributed by atoms with van der Waals surface area (Å²) >= 11 is 0. The molecule has 3 rings (SSSR count). The fourth-order valence-corrected chi connectivity index (χ4v) is 2.25. The summed E-state index contributed by atoms with van der Waals surface area (Å²) in [6.45, 7) is 0. The third-order valence-electron chi connectivity index (χ3n) is 3.35. The van der Waals surface area contributed by atoms with Crippen molar-refractivity contribution in [2.24, 2.45) is 5.84 Å². The van der Waals surface area contributed by atoms with E-state index in [1.807, 2.05) is 65.6 Å². The minimum absolute atomic E-state index is 0.0424. The van der Waals surface area contributed by atoms with Crippen LogP contribution in [0.1, 0.15) is 17.3 Å². The molecule has 0 saturated heterocycles. The number of hydrazine groups is 1. The molecule has 2 aromatic heterocycles. The van der Waals surface area contributed by atoms with Gasteiger partial charge in [0.25, 0.3) is 0 Å². The second kappa shape index (κ2) is 6.30. The second-order valence-corrected chi connectivity index (χ2v) is 4.81. The molecular formula is C16H17N5. The Kier molecular flexibility index (Phi) is 4.04. The molecule has 0 aliphatic carbocycles. The highest BCUT2D eigenvalue weighted by atomic mass is 15.3. The highest BCUT2D eigenvalue weighted by molar-refractivity contribution is 5.31. The highest BCUT2D eigenvalue weighted by Crippen LogP contribution is 2.17. The van der Waals surface area contributed by atoms with E-state index in [-0.39, 0.29) is 6.04 Å². The molecule has 5 heteroatoms. The zero-order chi connectivity index (χ0) is 14.5. The van der Waals surface area contributed by atoms with Crippen molar-refractivity contribution >= 4 is 0 Å². The lowest BCUT2D eigenvalue weighted by atomic mass is 10.1. The first kappa shape index (κ1) is 13.5. The van der Waals surface area contributed by atoms with E-state index in [0.717, 1.165) is 23.4 Å². The number of hydrogen-bond acceptors (Lipinski definition) is 4. The third-order valence-corrected chi connectivity index (χ3v) is 3.35. The number of nitrogens with one attached hydrogen (secondary N) is 1. The van der Waals surface area contributed by atoms with Crippen molar-refractivity contribution < 1.29 is 0 Å². The monoisotopic (exact) mass is 279 g/mol. The van der Waals surface area contributed by atoms with Crippen LogP contribution in [0.4, 0.5) is 0 Å². The zero-order valence-corrected chi connectivity index (χ0v) is 11.6. The van der Waals surface area contributed by atoms with Gasteiger partial charge in [0.15, 0.2) is 0 Å². The number of rotatable bonds is 5. The lowest BCUT2D eigenvalue weighted by Gasteiger charge is -2.13. The largest absolute Gasteiger partial charge is 0.271 e. The molecule has 5 nitrogen and oxygen atoms in total. The maximum atomic E-state index is 5.68. The molecule has 21 heavy (non-hydrogen) atoms. The molecule has 1 aromatic carbocycles. The van der Waals surface area contributed by atoms with Crippen LogP contribution in [0.5, 0.6) is 0 Å². The maximum absolute atomic E-state index is 5.68. The first-order valence-corrected chi connectivity index (χ1v) is 6.83. The van der Waals surface area contributed by atoms with E-state index in [0.29, 0.717) is 0 Å². The molecule has 0 amide bonds. The van der Waals surface area contributed by atoms with E-state index < -0.39 is 0 Å². The summed E-state index contributed by atoms with van der Waals surface area (Å²) in [4.78, 5) is 4.12. The van der Waals surface area contributed by atoms with Crippen molar-refractivity contribution in [3.05, 3.63) is 78.4 Å². The maximum Gasteiger partial charge on any atom is 0.0815 e. The zero-order valence-electron chi connectivity index (χ0n) is 11.6. The van der Waals surface area contributed by atoms with Gasteiger partial charge in [0.1, 0.15) is 0 Å². The molecular weight excluding hydrogens is 262 g/mol. The summed E-state index contributed by atoms with van der Waals surface area (Å²) in [5.74, 6) is 5.68. The molecule has 0 aliphatic rings. The summed E-state index contributed by atoms with van der Waals surface area (Å²) in [6, 6.07) is 15.9. The van der Waals surface area contributed by atoms with Crippen molar-refractivity contribution in [2.75, 3.05) is 0 Å². The minimum atomic E-state index is -0.0424. The number of para-hydroxylation sites is 1. The lowest BCUT2D eigenvalue weighted by Crippen LogP contribution is -2.30. The Balaban J connectivity index is 1.81. The van der Waals surface area contributed by atoms with Crippen LogP contribution in [0.15, 0.2) is 67.1 Å². The molecule has 1 unspecified atom stereocenters. The van der Waals surface area contributed by atoms with E-state index in [4.69, 9.17) is 5.84 Å². The number of hydrogen-bond donors (Lipinski definition) is 2. The summed E-state index contributed by atoms with van der Waals surface area (Å²) in [6.07, 6.45) is 6.30. The molecule has 106 valence electrons. The van der Waals surface area contributed by atoms with Gasteiger partial charge in [-0.15, -0.1) is 0 Å². The molecule has 0 fully saturated rings. The van der Waals surface area contributed by atoms with E-state index in [1.165, 1.54) is 0 Å². The lowest BCUT2D eigenvalue weighted by molar-refractivity contribution is 0.532. The topological polar surface area (TPSA) is 68.8 Å². The van der Waals surface area contributed by atoms with Crippen LogP contribution in [-0.4, -0.2) is 14.8 Å². The number of nitrogens with zero attached hydrogens (tertiary/aromatic N) is 3. The first-order valence-electron chi connectivity index (χ1n) is 6.83.